The van der Waals surface area contributed by atoms with Crippen LogP contribution in [0.25, 0.3) is 11.0 Å². The largest absolute Gasteiger partial charge is 0.464 e. The van der Waals surface area contributed by atoms with Crippen LogP contribution in [0.1, 0.15) is 22.7 Å². The van der Waals surface area contributed by atoms with E-state index in [1.165, 1.54) is 0 Å². The summed E-state index contributed by atoms with van der Waals surface area (Å²) in [5.74, 6) is -0.506. The van der Waals surface area contributed by atoms with Gasteiger partial charge in [-0.15, -0.1) is 0 Å². The van der Waals surface area contributed by atoms with Crippen LogP contribution in [0.15, 0.2) is 95.6 Å². The van der Waals surface area contributed by atoms with Crippen LogP contribution in [0.4, 0.5) is 4.39 Å². The molecule has 4 heteroatoms. The minimum absolute atomic E-state index is 0.365. The van der Waals surface area contributed by atoms with Gasteiger partial charge in [-0.2, -0.15) is 0 Å². The van der Waals surface area contributed by atoms with Gasteiger partial charge < -0.3 is 9.32 Å². The molecule has 3 nitrogen and oxygen atoms in total. The molecule has 3 aromatic carbocycles. The molecular weight excluding hydrogens is 353 g/mol. The molecule has 1 fully saturated rings. The Morgan fingerprint density at radius 2 is 1.64 bits per heavy atom. The van der Waals surface area contributed by atoms with Crippen molar-refractivity contribution in [1.29, 1.82) is 0 Å². The van der Waals surface area contributed by atoms with Crippen molar-refractivity contribution in [3.05, 3.63) is 108 Å². The lowest BCUT2D eigenvalue weighted by Crippen LogP contribution is -2.63. The second-order valence-electron chi connectivity index (χ2n) is 7.12. The molecule has 1 aromatic heterocycles. The number of carbonyl (C=O) groups excluding carboxylic acids is 1. The van der Waals surface area contributed by atoms with Gasteiger partial charge in [-0.05, 0) is 29.3 Å². The first-order valence-corrected chi connectivity index (χ1v) is 9.24. The summed E-state index contributed by atoms with van der Waals surface area (Å²) >= 11 is 0. The molecule has 0 N–H and O–H groups in total. The Bertz CT molecular complexity index is 1140. The standard InChI is InChI=1S/C24H18FNO2/c25-24(20-11-12-21-19(15-20)13-14-28-21)22(18-9-5-2-6-10-18)26(23(24)27)16-17-7-3-1-4-8-17/h1-15,22H,16H2/t22-,24+/m1/s1. The Labute approximate surface area is 162 Å². The van der Waals surface area contributed by atoms with E-state index in [0.29, 0.717) is 17.7 Å². The van der Waals surface area contributed by atoms with Crippen molar-refractivity contribution >= 4 is 16.9 Å². The summed E-state index contributed by atoms with van der Waals surface area (Å²) < 4.78 is 21.7. The number of carbonyl (C=O) groups is 1. The normalized spacial score (nSPS) is 21.7. The van der Waals surface area contributed by atoms with Crippen LogP contribution in [0, 0.1) is 0 Å². The summed E-state index contributed by atoms with van der Waals surface area (Å²) in [6.45, 7) is 0.374. The highest BCUT2D eigenvalue weighted by Gasteiger charge is 2.63. The summed E-state index contributed by atoms with van der Waals surface area (Å²) in [6, 6.07) is 25.3. The molecule has 5 rings (SSSR count). The van der Waals surface area contributed by atoms with Gasteiger partial charge in [-0.3, -0.25) is 4.79 Å². The highest BCUT2D eigenvalue weighted by Crippen LogP contribution is 2.53. The van der Waals surface area contributed by atoms with Crippen molar-refractivity contribution in [2.24, 2.45) is 0 Å². The first kappa shape index (κ1) is 16.8. The fourth-order valence-corrected chi connectivity index (χ4v) is 4.05. The summed E-state index contributed by atoms with van der Waals surface area (Å²) in [7, 11) is 0. The van der Waals surface area contributed by atoms with Crippen molar-refractivity contribution in [1.82, 2.24) is 4.90 Å². The molecular formula is C24H18FNO2. The van der Waals surface area contributed by atoms with Gasteiger partial charge in [-0.25, -0.2) is 4.39 Å². The van der Waals surface area contributed by atoms with E-state index >= 15 is 4.39 Å². The molecule has 0 radical (unpaired) electrons. The van der Waals surface area contributed by atoms with Crippen LogP contribution in [0.3, 0.4) is 0 Å². The molecule has 1 amide bonds. The SMILES string of the molecule is O=C1N(Cc2ccccc2)[C@H](c2ccccc2)[C@@]1(F)c1ccc2occc2c1. The van der Waals surface area contributed by atoms with E-state index in [4.69, 9.17) is 4.42 Å². The van der Waals surface area contributed by atoms with Crippen LogP contribution in [-0.4, -0.2) is 10.8 Å². The number of benzene rings is 3. The zero-order valence-electron chi connectivity index (χ0n) is 15.1. The third-order valence-corrected chi connectivity index (χ3v) is 5.44. The van der Waals surface area contributed by atoms with E-state index in [9.17, 15) is 4.79 Å². The Kier molecular flexibility index (Phi) is 3.79. The summed E-state index contributed by atoms with van der Waals surface area (Å²) in [5.41, 5.74) is 0.708. The van der Waals surface area contributed by atoms with Gasteiger partial charge in [0.15, 0.2) is 0 Å². The molecule has 0 unspecified atom stereocenters. The predicted molar refractivity (Wildman–Crippen MR) is 105 cm³/mol. The van der Waals surface area contributed by atoms with Crippen LogP contribution in [-0.2, 0) is 17.0 Å². The zero-order valence-corrected chi connectivity index (χ0v) is 15.1. The lowest BCUT2D eigenvalue weighted by atomic mass is 9.74. The van der Waals surface area contributed by atoms with E-state index in [1.807, 2.05) is 60.7 Å². The monoisotopic (exact) mass is 371 g/mol. The summed E-state index contributed by atoms with van der Waals surface area (Å²) in [5, 5.41) is 0.788. The minimum atomic E-state index is -2.10. The number of furan rings is 1. The first-order chi connectivity index (χ1) is 13.7. The van der Waals surface area contributed by atoms with Crippen molar-refractivity contribution in [2.75, 3.05) is 0 Å². The van der Waals surface area contributed by atoms with Crippen LogP contribution < -0.4 is 0 Å². The highest BCUT2D eigenvalue weighted by molar-refractivity contribution is 5.95. The lowest BCUT2D eigenvalue weighted by molar-refractivity contribution is -0.181. The Morgan fingerprint density at radius 1 is 0.929 bits per heavy atom. The Balaban J connectivity index is 1.59. The molecule has 0 bridgehead atoms. The molecule has 4 aromatic rings. The quantitative estimate of drug-likeness (QED) is 0.451. The van der Waals surface area contributed by atoms with Gasteiger partial charge in [0.1, 0.15) is 11.6 Å². The molecule has 0 saturated carbocycles. The molecule has 1 aliphatic rings. The van der Waals surface area contributed by atoms with E-state index in [-0.39, 0.29) is 0 Å². The maximum atomic E-state index is 16.3. The molecule has 138 valence electrons. The van der Waals surface area contributed by atoms with Crippen LogP contribution >= 0.6 is 0 Å². The number of hydrogen-bond donors (Lipinski definition) is 0. The molecule has 2 heterocycles. The fourth-order valence-electron chi connectivity index (χ4n) is 4.05. The average molecular weight is 371 g/mol. The number of likely N-dealkylation sites (tertiary alicyclic amines) is 1. The molecule has 2 atom stereocenters. The third kappa shape index (κ3) is 2.45. The summed E-state index contributed by atoms with van der Waals surface area (Å²) in [4.78, 5) is 14.7. The maximum Gasteiger partial charge on any atom is 0.268 e. The van der Waals surface area contributed by atoms with E-state index in [2.05, 4.69) is 0 Å². The average Bonchev–Trinajstić information content (AvgIpc) is 3.22. The van der Waals surface area contributed by atoms with Crippen LogP contribution in [0.5, 0.6) is 0 Å². The number of alkyl halides is 1. The van der Waals surface area contributed by atoms with Gasteiger partial charge in [0.05, 0.1) is 6.26 Å². The molecule has 0 aliphatic carbocycles. The topological polar surface area (TPSA) is 33.5 Å². The zero-order chi connectivity index (χ0) is 19.1. The lowest BCUT2D eigenvalue weighted by Gasteiger charge is -2.51. The van der Waals surface area contributed by atoms with Gasteiger partial charge >= 0.3 is 0 Å². The van der Waals surface area contributed by atoms with E-state index in [1.54, 1.807) is 35.4 Å². The highest BCUT2D eigenvalue weighted by atomic mass is 19.1. The van der Waals surface area contributed by atoms with E-state index in [0.717, 1.165) is 16.5 Å². The maximum absolute atomic E-state index is 16.3. The number of fused-ring (bicyclic) bond motifs is 1. The fraction of sp³-hybridized carbons (Fsp3) is 0.125. The number of β-lactam (4-membered cyclic amide) rings is 1. The van der Waals surface area contributed by atoms with Crippen molar-refractivity contribution in [3.63, 3.8) is 0 Å². The Hall–Kier alpha value is -3.40. The van der Waals surface area contributed by atoms with Crippen molar-refractivity contribution in [2.45, 2.75) is 18.3 Å². The second kappa shape index (κ2) is 6.34. The minimum Gasteiger partial charge on any atom is -0.464 e. The number of hydrogen-bond acceptors (Lipinski definition) is 2. The van der Waals surface area contributed by atoms with Crippen molar-refractivity contribution < 1.29 is 13.6 Å². The van der Waals surface area contributed by atoms with Crippen molar-refractivity contribution in [3.8, 4) is 0 Å². The second-order valence-corrected chi connectivity index (χ2v) is 7.12. The van der Waals surface area contributed by atoms with Gasteiger partial charge in [0.25, 0.3) is 5.91 Å². The number of halogens is 1. The molecule has 0 spiro atoms. The van der Waals surface area contributed by atoms with Gasteiger partial charge in [0.2, 0.25) is 5.67 Å². The van der Waals surface area contributed by atoms with Gasteiger partial charge in [-0.1, -0.05) is 66.7 Å². The molecule has 1 saturated heterocycles. The molecule has 1 aliphatic heterocycles. The molecule has 28 heavy (non-hydrogen) atoms. The third-order valence-electron chi connectivity index (χ3n) is 5.44. The number of amides is 1. The summed E-state index contributed by atoms with van der Waals surface area (Å²) in [6.07, 6.45) is 1.57. The van der Waals surface area contributed by atoms with Gasteiger partial charge in [0, 0.05) is 17.5 Å². The number of nitrogens with zero attached hydrogens (tertiary/aromatic N) is 1. The van der Waals surface area contributed by atoms with E-state index < -0.39 is 17.6 Å². The van der Waals surface area contributed by atoms with Crippen LogP contribution in [0.2, 0.25) is 0 Å². The first-order valence-electron chi connectivity index (χ1n) is 9.24. The smallest absolute Gasteiger partial charge is 0.268 e. The Morgan fingerprint density at radius 3 is 2.39 bits per heavy atom. The number of rotatable bonds is 4. The predicted octanol–water partition coefficient (Wildman–Crippen LogP) is 5.38.